The van der Waals surface area contributed by atoms with Gasteiger partial charge in [0.25, 0.3) is 0 Å². The van der Waals surface area contributed by atoms with Crippen molar-refractivity contribution in [3.63, 3.8) is 0 Å². The summed E-state index contributed by atoms with van der Waals surface area (Å²) in [6, 6.07) is 1.79. The molecule has 1 heterocycles. The number of halogens is 2. The first-order chi connectivity index (χ1) is 9.85. The summed E-state index contributed by atoms with van der Waals surface area (Å²) in [4.78, 5) is -0.185. The van der Waals surface area contributed by atoms with Gasteiger partial charge in [-0.2, -0.15) is 0 Å². The zero-order valence-electron chi connectivity index (χ0n) is 11.6. The minimum Gasteiger partial charge on any atom is -0.377 e. The number of hydrogen-bond donors (Lipinski definition) is 2. The van der Waals surface area contributed by atoms with E-state index in [1.54, 1.807) is 6.92 Å². The summed E-state index contributed by atoms with van der Waals surface area (Å²) in [6.45, 7) is 2.31. The fraction of sp³-hybridized carbons (Fsp3) is 0.538. The molecule has 21 heavy (non-hydrogen) atoms. The van der Waals surface area contributed by atoms with Gasteiger partial charge in [0.05, 0.1) is 16.0 Å². The smallest absolute Gasteiger partial charge is 0.241 e. The molecule has 0 aliphatic carbocycles. The average Bonchev–Trinajstić information content (AvgIpc) is 2.95. The molecule has 0 bridgehead atoms. The first-order valence-corrected chi connectivity index (χ1v) is 8.53. The lowest BCUT2D eigenvalue weighted by atomic mass is 10.1. The summed E-state index contributed by atoms with van der Waals surface area (Å²) >= 11 is 5.73. The summed E-state index contributed by atoms with van der Waals surface area (Å²) in [5.41, 5.74) is 5.70. The number of ether oxygens (including phenoxy) is 1. The Kier molecular flexibility index (Phi) is 5.21. The first-order valence-electron chi connectivity index (χ1n) is 6.67. The predicted molar refractivity (Wildman–Crippen MR) is 78.1 cm³/mol. The fourth-order valence-corrected chi connectivity index (χ4v) is 3.83. The van der Waals surface area contributed by atoms with Crippen LogP contribution in [0.5, 0.6) is 0 Å². The van der Waals surface area contributed by atoms with Gasteiger partial charge in [-0.05, 0) is 37.5 Å². The van der Waals surface area contributed by atoms with Gasteiger partial charge in [0.1, 0.15) is 5.82 Å². The van der Waals surface area contributed by atoms with E-state index in [2.05, 4.69) is 4.72 Å². The van der Waals surface area contributed by atoms with Crippen LogP contribution in [0.2, 0.25) is 5.02 Å². The van der Waals surface area contributed by atoms with Crippen LogP contribution in [0.15, 0.2) is 17.0 Å². The Bertz CT molecular complexity index is 618. The van der Waals surface area contributed by atoms with E-state index in [0.717, 1.165) is 18.9 Å². The second kappa shape index (κ2) is 6.58. The average molecular weight is 337 g/mol. The largest absolute Gasteiger partial charge is 0.377 e. The molecule has 2 atom stereocenters. The van der Waals surface area contributed by atoms with Gasteiger partial charge in [-0.1, -0.05) is 11.6 Å². The summed E-state index contributed by atoms with van der Waals surface area (Å²) in [5, 5.41) is -0.149. The second-order valence-corrected chi connectivity index (χ2v) is 7.14. The van der Waals surface area contributed by atoms with Crippen molar-refractivity contribution in [2.75, 3.05) is 6.61 Å². The molecule has 5 nitrogen and oxygen atoms in total. The fourth-order valence-electron chi connectivity index (χ4n) is 2.31. The maximum Gasteiger partial charge on any atom is 0.241 e. The lowest BCUT2D eigenvalue weighted by Crippen LogP contribution is -2.40. The van der Waals surface area contributed by atoms with Crippen LogP contribution in [0.25, 0.3) is 0 Å². The van der Waals surface area contributed by atoms with Gasteiger partial charge in [0, 0.05) is 19.2 Å². The van der Waals surface area contributed by atoms with E-state index in [-0.39, 0.29) is 28.1 Å². The van der Waals surface area contributed by atoms with Gasteiger partial charge >= 0.3 is 0 Å². The first kappa shape index (κ1) is 16.6. The molecule has 0 spiro atoms. The van der Waals surface area contributed by atoms with Crippen LogP contribution in [-0.2, 0) is 21.3 Å². The number of hydrogen-bond acceptors (Lipinski definition) is 4. The van der Waals surface area contributed by atoms with Gasteiger partial charge < -0.3 is 10.5 Å². The third-order valence-corrected chi connectivity index (χ3v) is 5.43. The normalized spacial score (nSPS) is 20.7. The van der Waals surface area contributed by atoms with Crippen molar-refractivity contribution >= 4 is 21.6 Å². The minimum atomic E-state index is -3.85. The van der Waals surface area contributed by atoms with Crippen LogP contribution in [-0.4, -0.2) is 27.2 Å². The molecule has 118 valence electrons. The van der Waals surface area contributed by atoms with E-state index in [4.69, 9.17) is 22.1 Å². The van der Waals surface area contributed by atoms with E-state index in [0.29, 0.717) is 6.61 Å². The number of nitrogens with two attached hydrogens (primary N) is 1. The van der Waals surface area contributed by atoms with E-state index < -0.39 is 21.9 Å². The van der Waals surface area contributed by atoms with Gasteiger partial charge in [-0.15, -0.1) is 0 Å². The molecule has 0 saturated carbocycles. The van der Waals surface area contributed by atoms with Crippen LogP contribution in [0, 0.1) is 5.82 Å². The number of sulfonamides is 1. The number of nitrogens with one attached hydrogen (secondary N) is 1. The third-order valence-electron chi connectivity index (χ3n) is 3.47. The lowest BCUT2D eigenvalue weighted by molar-refractivity contribution is 0.0902. The highest BCUT2D eigenvalue weighted by Crippen LogP contribution is 2.25. The van der Waals surface area contributed by atoms with E-state index >= 15 is 0 Å². The van der Waals surface area contributed by atoms with Crippen LogP contribution in [0.3, 0.4) is 0 Å². The predicted octanol–water partition coefficient (Wildman–Crippen LogP) is 1.78. The highest BCUT2D eigenvalue weighted by atomic mass is 35.5. The van der Waals surface area contributed by atoms with E-state index in [1.807, 2.05) is 0 Å². The summed E-state index contributed by atoms with van der Waals surface area (Å²) < 4.78 is 46.3. The van der Waals surface area contributed by atoms with Crippen LogP contribution < -0.4 is 10.5 Å². The van der Waals surface area contributed by atoms with Crippen molar-refractivity contribution in [1.82, 2.24) is 4.72 Å². The summed E-state index contributed by atoms with van der Waals surface area (Å²) in [6.07, 6.45) is 1.54. The van der Waals surface area contributed by atoms with Crippen LogP contribution >= 0.6 is 11.6 Å². The monoisotopic (exact) mass is 336 g/mol. The molecule has 0 aromatic heterocycles. The van der Waals surface area contributed by atoms with Crippen molar-refractivity contribution in [3.05, 3.63) is 28.5 Å². The maximum absolute atomic E-state index is 13.7. The van der Waals surface area contributed by atoms with Crippen molar-refractivity contribution in [3.8, 4) is 0 Å². The Morgan fingerprint density at radius 2 is 2.29 bits per heavy atom. The molecular weight excluding hydrogens is 319 g/mol. The zero-order chi connectivity index (χ0) is 15.6. The lowest BCUT2D eigenvalue weighted by Gasteiger charge is -2.20. The molecule has 0 radical (unpaired) electrons. The van der Waals surface area contributed by atoms with Crippen molar-refractivity contribution in [2.24, 2.45) is 5.73 Å². The molecule has 0 amide bonds. The Hall–Kier alpha value is -0.730. The Morgan fingerprint density at radius 1 is 1.57 bits per heavy atom. The SMILES string of the molecule is CC(NS(=O)(=O)c1cc(F)c(Cl)c(CN)c1)C1CCCO1. The molecule has 1 aromatic carbocycles. The highest BCUT2D eigenvalue weighted by Gasteiger charge is 2.27. The third kappa shape index (κ3) is 3.73. The molecular formula is C13H18ClFN2O3S. The van der Waals surface area contributed by atoms with Crippen LogP contribution in [0.1, 0.15) is 25.3 Å². The summed E-state index contributed by atoms with van der Waals surface area (Å²) in [5.74, 6) is -0.801. The minimum absolute atomic E-state index is 0.0413. The standard InChI is InChI=1S/C13H18ClFN2O3S/c1-8(12-3-2-4-20-12)17-21(18,19)10-5-9(7-16)13(14)11(15)6-10/h5-6,8,12,17H,2-4,7,16H2,1H3. The Balaban J connectivity index is 2.24. The quantitative estimate of drug-likeness (QED) is 0.858. The van der Waals surface area contributed by atoms with Crippen molar-refractivity contribution < 1.29 is 17.5 Å². The molecule has 1 aliphatic rings. The van der Waals surface area contributed by atoms with Gasteiger partial charge in [-0.25, -0.2) is 17.5 Å². The molecule has 1 aliphatic heterocycles. The molecule has 8 heteroatoms. The van der Waals surface area contributed by atoms with Gasteiger partial charge in [-0.3, -0.25) is 0 Å². The van der Waals surface area contributed by atoms with Crippen molar-refractivity contribution in [1.29, 1.82) is 0 Å². The second-order valence-electron chi connectivity index (χ2n) is 5.04. The van der Waals surface area contributed by atoms with Crippen LogP contribution in [0.4, 0.5) is 4.39 Å². The van der Waals surface area contributed by atoms with Crippen molar-refractivity contribution in [2.45, 2.75) is 43.4 Å². The van der Waals surface area contributed by atoms with Gasteiger partial charge in [0.15, 0.2) is 0 Å². The molecule has 1 saturated heterocycles. The Morgan fingerprint density at radius 3 is 2.86 bits per heavy atom. The van der Waals surface area contributed by atoms with E-state index in [9.17, 15) is 12.8 Å². The topological polar surface area (TPSA) is 81.4 Å². The molecule has 1 fully saturated rings. The molecule has 3 N–H and O–H groups in total. The Labute approximate surface area is 128 Å². The molecule has 2 rings (SSSR count). The summed E-state index contributed by atoms with van der Waals surface area (Å²) in [7, 11) is -3.85. The number of rotatable bonds is 5. The zero-order valence-corrected chi connectivity index (χ0v) is 13.2. The molecule has 2 unspecified atom stereocenters. The van der Waals surface area contributed by atoms with E-state index in [1.165, 1.54) is 6.07 Å². The van der Waals surface area contributed by atoms with Gasteiger partial charge in [0.2, 0.25) is 10.0 Å². The maximum atomic E-state index is 13.7. The highest BCUT2D eigenvalue weighted by molar-refractivity contribution is 7.89. The molecule has 1 aromatic rings. The number of benzene rings is 1.